The highest BCUT2D eigenvalue weighted by atomic mass is 32.1. The van der Waals surface area contributed by atoms with E-state index in [0.29, 0.717) is 5.70 Å². The predicted octanol–water partition coefficient (Wildman–Crippen LogP) is 2.90. The Kier molecular flexibility index (Phi) is 2.90. The molecule has 0 aromatic carbocycles. The van der Waals surface area contributed by atoms with Crippen LogP contribution in [0.1, 0.15) is 41.7 Å². The molecule has 3 rings (SSSR count). The lowest BCUT2D eigenvalue weighted by Gasteiger charge is -2.12. The van der Waals surface area contributed by atoms with Crippen LogP contribution in [0, 0.1) is 5.92 Å². The number of carbonyl (C=O) groups is 1. The van der Waals surface area contributed by atoms with Crippen molar-refractivity contribution in [2.24, 2.45) is 11.7 Å². The summed E-state index contributed by atoms with van der Waals surface area (Å²) >= 11 is 1.69. The third-order valence-electron chi connectivity index (χ3n) is 3.68. The average molecular weight is 262 g/mol. The molecule has 3 nitrogen and oxygen atoms in total. The van der Waals surface area contributed by atoms with E-state index in [-0.39, 0.29) is 11.8 Å². The van der Waals surface area contributed by atoms with Crippen molar-refractivity contribution in [3.05, 3.63) is 22.6 Å². The Morgan fingerprint density at radius 1 is 1.33 bits per heavy atom. The molecule has 18 heavy (non-hydrogen) atoms. The lowest BCUT2D eigenvalue weighted by atomic mass is 9.94. The lowest BCUT2D eigenvalue weighted by molar-refractivity contribution is -0.117. The quantitative estimate of drug-likeness (QED) is 0.880. The number of anilines is 1. The average Bonchev–Trinajstić information content (AvgIpc) is 3.10. The van der Waals surface area contributed by atoms with Gasteiger partial charge in [0, 0.05) is 22.1 Å². The first-order chi connectivity index (χ1) is 8.66. The van der Waals surface area contributed by atoms with Gasteiger partial charge in [-0.25, -0.2) is 0 Å². The Bertz CT molecular complexity index is 514. The molecule has 0 aliphatic heterocycles. The van der Waals surface area contributed by atoms with Crippen LogP contribution in [0.3, 0.4) is 0 Å². The molecule has 2 aliphatic carbocycles. The fourth-order valence-electron chi connectivity index (χ4n) is 2.55. The van der Waals surface area contributed by atoms with Crippen molar-refractivity contribution < 1.29 is 4.79 Å². The standard InChI is InChI=1S/C14H18N2OS/c1-8(15)12-10-4-2-3-5-11(10)18-14(12)16-13(17)9-6-7-9/h9H,1-7,15H2,(H,16,17). The molecular weight excluding hydrogens is 244 g/mol. The van der Waals surface area contributed by atoms with Gasteiger partial charge in [0.1, 0.15) is 5.00 Å². The van der Waals surface area contributed by atoms with Crippen LogP contribution in [0.15, 0.2) is 6.58 Å². The molecular formula is C14H18N2OS. The minimum absolute atomic E-state index is 0.149. The first-order valence-electron chi connectivity index (χ1n) is 6.57. The molecule has 1 aromatic heterocycles. The van der Waals surface area contributed by atoms with Crippen molar-refractivity contribution >= 4 is 27.9 Å². The van der Waals surface area contributed by atoms with Gasteiger partial charge in [0.15, 0.2) is 0 Å². The number of hydrogen-bond acceptors (Lipinski definition) is 3. The van der Waals surface area contributed by atoms with Gasteiger partial charge in [0.05, 0.1) is 0 Å². The van der Waals surface area contributed by atoms with Gasteiger partial charge in [-0.15, -0.1) is 11.3 Å². The number of nitrogens with one attached hydrogen (secondary N) is 1. The van der Waals surface area contributed by atoms with E-state index in [9.17, 15) is 4.79 Å². The highest BCUT2D eigenvalue weighted by Gasteiger charge is 2.31. The molecule has 4 heteroatoms. The first-order valence-corrected chi connectivity index (χ1v) is 7.38. The summed E-state index contributed by atoms with van der Waals surface area (Å²) in [4.78, 5) is 13.3. The number of amides is 1. The van der Waals surface area contributed by atoms with Crippen LogP contribution in [0.5, 0.6) is 0 Å². The largest absolute Gasteiger partial charge is 0.399 e. The Morgan fingerprint density at radius 2 is 2.06 bits per heavy atom. The minimum Gasteiger partial charge on any atom is -0.399 e. The minimum atomic E-state index is 0.149. The number of thiophene rings is 1. The molecule has 2 aliphatic rings. The number of nitrogens with two attached hydrogens (primary N) is 1. The number of fused-ring (bicyclic) bond motifs is 1. The third-order valence-corrected chi connectivity index (χ3v) is 4.88. The van der Waals surface area contributed by atoms with E-state index in [1.54, 1.807) is 11.3 Å². The maximum Gasteiger partial charge on any atom is 0.228 e. The zero-order valence-corrected chi connectivity index (χ0v) is 11.2. The second-order valence-corrected chi connectivity index (χ2v) is 6.31. The second-order valence-electron chi connectivity index (χ2n) is 5.20. The predicted molar refractivity (Wildman–Crippen MR) is 75.5 cm³/mol. The van der Waals surface area contributed by atoms with Gasteiger partial charge in [-0.2, -0.15) is 0 Å². The summed E-state index contributed by atoms with van der Waals surface area (Å²) in [5.41, 5.74) is 8.82. The van der Waals surface area contributed by atoms with Gasteiger partial charge < -0.3 is 11.1 Å². The number of rotatable bonds is 3. The Hall–Kier alpha value is -1.29. The summed E-state index contributed by atoms with van der Waals surface area (Å²) in [6.07, 6.45) is 6.67. The van der Waals surface area contributed by atoms with Crippen LogP contribution in [0.25, 0.3) is 5.70 Å². The van der Waals surface area contributed by atoms with E-state index >= 15 is 0 Å². The fraction of sp³-hybridized carbons (Fsp3) is 0.500. The Labute approximate surface area is 111 Å². The topological polar surface area (TPSA) is 55.1 Å². The molecule has 0 unspecified atom stereocenters. The molecule has 0 radical (unpaired) electrons. The summed E-state index contributed by atoms with van der Waals surface area (Å²) in [5.74, 6) is 0.374. The van der Waals surface area contributed by atoms with Gasteiger partial charge in [0.25, 0.3) is 0 Å². The molecule has 3 N–H and O–H groups in total. The maximum atomic E-state index is 11.9. The summed E-state index contributed by atoms with van der Waals surface area (Å²) in [5, 5.41) is 3.97. The van der Waals surface area contributed by atoms with E-state index in [1.165, 1.54) is 23.3 Å². The van der Waals surface area contributed by atoms with Crippen molar-refractivity contribution in [3.63, 3.8) is 0 Å². The van der Waals surface area contributed by atoms with Crippen molar-refractivity contribution in [2.45, 2.75) is 38.5 Å². The van der Waals surface area contributed by atoms with E-state index < -0.39 is 0 Å². The van der Waals surface area contributed by atoms with E-state index in [1.807, 2.05) is 0 Å². The van der Waals surface area contributed by atoms with Crippen LogP contribution >= 0.6 is 11.3 Å². The zero-order valence-electron chi connectivity index (χ0n) is 10.4. The summed E-state index contributed by atoms with van der Waals surface area (Å²) in [6.45, 7) is 3.87. The monoisotopic (exact) mass is 262 g/mol. The molecule has 96 valence electrons. The molecule has 0 spiro atoms. The van der Waals surface area contributed by atoms with Gasteiger partial charge in [-0.05, 0) is 44.1 Å². The van der Waals surface area contributed by atoms with E-state index in [0.717, 1.165) is 36.2 Å². The molecule has 1 amide bonds. The van der Waals surface area contributed by atoms with Gasteiger partial charge in [-0.3, -0.25) is 4.79 Å². The van der Waals surface area contributed by atoms with Crippen LogP contribution < -0.4 is 11.1 Å². The fourth-order valence-corrected chi connectivity index (χ4v) is 3.88. The van der Waals surface area contributed by atoms with Crippen molar-refractivity contribution in [2.75, 3.05) is 5.32 Å². The van der Waals surface area contributed by atoms with Crippen molar-refractivity contribution in [1.29, 1.82) is 0 Å². The van der Waals surface area contributed by atoms with E-state index in [2.05, 4.69) is 11.9 Å². The maximum absolute atomic E-state index is 11.9. The molecule has 1 aromatic rings. The summed E-state index contributed by atoms with van der Waals surface area (Å²) in [6, 6.07) is 0. The molecule has 0 bridgehead atoms. The lowest BCUT2D eigenvalue weighted by Crippen LogP contribution is -2.14. The van der Waals surface area contributed by atoms with Gasteiger partial charge >= 0.3 is 0 Å². The zero-order chi connectivity index (χ0) is 12.7. The highest BCUT2D eigenvalue weighted by molar-refractivity contribution is 7.16. The van der Waals surface area contributed by atoms with Crippen LogP contribution in [0.2, 0.25) is 0 Å². The Morgan fingerprint density at radius 3 is 2.72 bits per heavy atom. The van der Waals surface area contributed by atoms with Gasteiger partial charge in [-0.1, -0.05) is 6.58 Å². The molecule has 0 atom stereocenters. The Balaban J connectivity index is 1.94. The molecule has 1 fully saturated rings. The smallest absolute Gasteiger partial charge is 0.228 e. The summed E-state index contributed by atoms with van der Waals surface area (Å²) in [7, 11) is 0. The van der Waals surface area contributed by atoms with Crippen LogP contribution in [-0.2, 0) is 17.6 Å². The van der Waals surface area contributed by atoms with Gasteiger partial charge in [0.2, 0.25) is 5.91 Å². The summed E-state index contributed by atoms with van der Waals surface area (Å²) < 4.78 is 0. The molecule has 1 saturated carbocycles. The van der Waals surface area contributed by atoms with Crippen LogP contribution in [-0.4, -0.2) is 5.91 Å². The number of aryl methyl sites for hydroxylation is 1. The van der Waals surface area contributed by atoms with Crippen molar-refractivity contribution in [3.8, 4) is 0 Å². The SMILES string of the molecule is C=C(N)c1c(NC(=O)C2CC2)sc2c1CCCC2. The first kappa shape index (κ1) is 11.8. The van der Waals surface area contributed by atoms with Crippen molar-refractivity contribution in [1.82, 2.24) is 0 Å². The highest BCUT2D eigenvalue weighted by Crippen LogP contribution is 2.41. The van der Waals surface area contributed by atoms with Crippen LogP contribution in [0.4, 0.5) is 5.00 Å². The van der Waals surface area contributed by atoms with E-state index in [4.69, 9.17) is 5.73 Å². The normalized spacial score (nSPS) is 18.2. The number of carbonyl (C=O) groups excluding carboxylic acids is 1. The number of hydrogen-bond donors (Lipinski definition) is 2. The third kappa shape index (κ3) is 2.05. The second kappa shape index (κ2) is 4.43. The molecule has 0 saturated heterocycles. The molecule has 1 heterocycles.